The first kappa shape index (κ1) is 14.6. The third-order valence-corrected chi connectivity index (χ3v) is 2.90. The fourth-order valence-electron chi connectivity index (χ4n) is 1.90. The molecule has 0 aliphatic heterocycles. The van der Waals surface area contributed by atoms with Crippen molar-refractivity contribution in [1.29, 1.82) is 0 Å². The lowest BCUT2D eigenvalue weighted by Gasteiger charge is -2.21. The lowest BCUT2D eigenvalue weighted by Crippen LogP contribution is -2.28. The number of furan rings is 1. The van der Waals surface area contributed by atoms with Gasteiger partial charge in [0, 0.05) is 5.69 Å². The van der Waals surface area contributed by atoms with Crippen LogP contribution in [0, 0.1) is 17.0 Å². The fourth-order valence-corrected chi connectivity index (χ4v) is 1.90. The summed E-state index contributed by atoms with van der Waals surface area (Å²) < 4.78 is 5.07. The Kier molecular flexibility index (Phi) is 4.22. The topological polar surface area (TPSA) is 96.8 Å². The summed E-state index contributed by atoms with van der Waals surface area (Å²) in [6.45, 7) is 1.85. The zero-order valence-corrected chi connectivity index (χ0v) is 11.4. The molecule has 0 saturated carbocycles. The molecule has 0 bridgehead atoms. The van der Waals surface area contributed by atoms with Crippen molar-refractivity contribution in [3.05, 3.63) is 57.8 Å². The Hall–Kier alpha value is -2.83. The molecule has 0 aliphatic rings. The molecule has 110 valence electrons. The molecular formula is C14H14N2O5. The molecule has 7 heteroatoms. The van der Waals surface area contributed by atoms with Crippen LogP contribution in [0.4, 0.5) is 11.6 Å². The van der Waals surface area contributed by atoms with Crippen LogP contribution in [0.5, 0.6) is 0 Å². The van der Waals surface area contributed by atoms with Gasteiger partial charge in [-0.25, -0.2) is 0 Å². The SMILES string of the molecule is Cc1ccc(N(CC(=O)O)Cc2ccc([N+](=O)[O-])o2)cc1. The third-order valence-electron chi connectivity index (χ3n) is 2.90. The van der Waals surface area contributed by atoms with E-state index in [0.717, 1.165) is 5.56 Å². The predicted molar refractivity (Wildman–Crippen MR) is 75.2 cm³/mol. The first-order valence-electron chi connectivity index (χ1n) is 6.22. The number of carboxylic acids is 1. The van der Waals surface area contributed by atoms with Crippen molar-refractivity contribution in [3.8, 4) is 0 Å². The van der Waals surface area contributed by atoms with Crippen LogP contribution in [0.2, 0.25) is 0 Å². The predicted octanol–water partition coefficient (Wildman–Crippen LogP) is 2.59. The molecule has 1 heterocycles. The molecule has 21 heavy (non-hydrogen) atoms. The first-order valence-corrected chi connectivity index (χ1v) is 6.22. The number of carboxylic acid groups (broad SMARTS) is 1. The minimum Gasteiger partial charge on any atom is -0.480 e. The maximum atomic E-state index is 11.0. The van der Waals surface area contributed by atoms with Crippen LogP contribution in [0.3, 0.4) is 0 Å². The van der Waals surface area contributed by atoms with Gasteiger partial charge in [0.15, 0.2) is 0 Å². The van der Waals surface area contributed by atoms with Gasteiger partial charge in [0.05, 0.1) is 12.6 Å². The Bertz CT molecular complexity index is 648. The summed E-state index contributed by atoms with van der Waals surface area (Å²) >= 11 is 0. The van der Waals surface area contributed by atoms with Crippen LogP contribution in [0.25, 0.3) is 0 Å². The van der Waals surface area contributed by atoms with Gasteiger partial charge < -0.3 is 14.4 Å². The summed E-state index contributed by atoms with van der Waals surface area (Å²) in [5, 5.41) is 19.6. The van der Waals surface area contributed by atoms with Crippen molar-refractivity contribution >= 4 is 17.5 Å². The molecule has 2 rings (SSSR count). The molecule has 0 spiro atoms. The molecule has 1 N–H and O–H groups in total. The molecule has 2 aromatic rings. The molecule has 1 aromatic heterocycles. The number of carbonyl (C=O) groups is 1. The average molecular weight is 290 g/mol. The van der Waals surface area contributed by atoms with Gasteiger partial charge in [-0.15, -0.1) is 0 Å². The maximum absolute atomic E-state index is 11.0. The molecule has 0 radical (unpaired) electrons. The van der Waals surface area contributed by atoms with Crippen LogP contribution in [0.15, 0.2) is 40.8 Å². The lowest BCUT2D eigenvalue weighted by atomic mass is 10.2. The van der Waals surface area contributed by atoms with E-state index in [1.165, 1.54) is 12.1 Å². The van der Waals surface area contributed by atoms with Gasteiger partial charge in [0.2, 0.25) is 0 Å². The van der Waals surface area contributed by atoms with Gasteiger partial charge in [-0.05, 0) is 25.1 Å². The van der Waals surface area contributed by atoms with Gasteiger partial charge in [-0.1, -0.05) is 17.7 Å². The second-order valence-electron chi connectivity index (χ2n) is 4.58. The van der Waals surface area contributed by atoms with Crippen molar-refractivity contribution in [1.82, 2.24) is 0 Å². The maximum Gasteiger partial charge on any atom is 0.433 e. The highest BCUT2D eigenvalue weighted by molar-refractivity contribution is 5.73. The second kappa shape index (κ2) is 6.08. The summed E-state index contributed by atoms with van der Waals surface area (Å²) in [5.41, 5.74) is 1.77. The number of aryl methyl sites for hydroxylation is 1. The summed E-state index contributed by atoms with van der Waals surface area (Å²) in [5.74, 6) is -1.01. The van der Waals surface area contributed by atoms with Crippen LogP contribution < -0.4 is 4.90 Å². The van der Waals surface area contributed by atoms with E-state index < -0.39 is 10.9 Å². The minimum atomic E-state index is -0.989. The molecule has 0 amide bonds. The summed E-state index contributed by atoms with van der Waals surface area (Å²) in [7, 11) is 0. The van der Waals surface area contributed by atoms with E-state index >= 15 is 0 Å². The van der Waals surface area contributed by atoms with Crippen molar-refractivity contribution < 1.29 is 19.2 Å². The highest BCUT2D eigenvalue weighted by Gasteiger charge is 2.16. The van der Waals surface area contributed by atoms with Crippen LogP contribution in [-0.4, -0.2) is 22.5 Å². The van der Waals surface area contributed by atoms with Crippen molar-refractivity contribution in [2.45, 2.75) is 13.5 Å². The number of anilines is 1. The van der Waals surface area contributed by atoms with Crippen LogP contribution >= 0.6 is 0 Å². The van der Waals surface area contributed by atoms with Gasteiger partial charge in [-0.3, -0.25) is 14.9 Å². The van der Waals surface area contributed by atoms with E-state index in [-0.39, 0.29) is 19.0 Å². The second-order valence-corrected chi connectivity index (χ2v) is 4.58. The molecule has 0 aliphatic carbocycles. The number of hydrogen-bond acceptors (Lipinski definition) is 5. The standard InChI is InChI=1S/C14H14N2O5/c1-10-2-4-11(5-3-10)15(9-14(17)18)8-12-6-7-13(21-12)16(19)20/h2-7H,8-9H2,1H3,(H,17,18). The Morgan fingerprint density at radius 3 is 2.48 bits per heavy atom. The quantitative estimate of drug-likeness (QED) is 0.648. The Morgan fingerprint density at radius 1 is 1.29 bits per heavy atom. The van der Waals surface area contributed by atoms with E-state index in [2.05, 4.69) is 0 Å². The lowest BCUT2D eigenvalue weighted by molar-refractivity contribution is -0.402. The number of aliphatic carboxylic acids is 1. The summed E-state index contributed by atoms with van der Waals surface area (Å²) in [6, 6.07) is 10.1. The number of nitro groups is 1. The van der Waals surface area contributed by atoms with Crippen molar-refractivity contribution in [3.63, 3.8) is 0 Å². The number of rotatable bonds is 6. The fraction of sp³-hybridized carbons (Fsp3) is 0.214. The Balaban J connectivity index is 2.21. The molecule has 7 nitrogen and oxygen atoms in total. The van der Waals surface area contributed by atoms with Gasteiger partial charge >= 0.3 is 11.9 Å². The minimum absolute atomic E-state index is 0.142. The number of hydrogen-bond donors (Lipinski definition) is 1. The van der Waals surface area contributed by atoms with Crippen molar-refractivity contribution in [2.75, 3.05) is 11.4 Å². The van der Waals surface area contributed by atoms with E-state index in [1.807, 2.05) is 19.1 Å². The summed E-state index contributed by atoms with van der Waals surface area (Å²) in [4.78, 5) is 22.5. The Labute approximate surface area is 120 Å². The van der Waals surface area contributed by atoms with Gasteiger partial charge in [0.25, 0.3) is 0 Å². The van der Waals surface area contributed by atoms with E-state index in [4.69, 9.17) is 9.52 Å². The first-order chi connectivity index (χ1) is 9.95. The van der Waals surface area contributed by atoms with E-state index in [9.17, 15) is 14.9 Å². The zero-order chi connectivity index (χ0) is 15.4. The van der Waals surface area contributed by atoms with E-state index in [0.29, 0.717) is 11.4 Å². The third kappa shape index (κ3) is 3.82. The zero-order valence-electron chi connectivity index (χ0n) is 11.4. The summed E-state index contributed by atoms with van der Waals surface area (Å²) in [6.07, 6.45) is 0. The molecule has 0 atom stereocenters. The smallest absolute Gasteiger partial charge is 0.433 e. The van der Waals surface area contributed by atoms with Crippen molar-refractivity contribution in [2.24, 2.45) is 0 Å². The molecule has 1 aromatic carbocycles. The van der Waals surface area contributed by atoms with Crippen LogP contribution in [0.1, 0.15) is 11.3 Å². The normalized spacial score (nSPS) is 10.3. The average Bonchev–Trinajstić information content (AvgIpc) is 2.87. The molecule has 0 saturated heterocycles. The molecular weight excluding hydrogens is 276 g/mol. The van der Waals surface area contributed by atoms with Gasteiger partial charge in [0.1, 0.15) is 17.2 Å². The number of benzene rings is 1. The highest BCUT2D eigenvalue weighted by atomic mass is 16.6. The highest BCUT2D eigenvalue weighted by Crippen LogP contribution is 2.21. The van der Waals surface area contributed by atoms with E-state index in [1.54, 1.807) is 17.0 Å². The Morgan fingerprint density at radius 2 is 1.95 bits per heavy atom. The molecule has 0 fully saturated rings. The largest absolute Gasteiger partial charge is 0.480 e. The van der Waals surface area contributed by atoms with Crippen LogP contribution in [-0.2, 0) is 11.3 Å². The monoisotopic (exact) mass is 290 g/mol. The number of nitrogens with zero attached hydrogens (tertiary/aromatic N) is 2. The molecule has 0 unspecified atom stereocenters. The van der Waals surface area contributed by atoms with Gasteiger partial charge in [-0.2, -0.15) is 0 Å².